The maximum absolute atomic E-state index is 9.26. The summed E-state index contributed by atoms with van der Waals surface area (Å²) in [7, 11) is 0. The van der Waals surface area contributed by atoms with Gasteiger partial charge in [-0.2, -0.15) is 5.26 Å². The molecule has 2 aliphatic rings. The topological polar surface area (TPSA) is 36.3 Å². The molecule has 2 aliphatic heterocycles. The van der Waals surface area contributed by atoms with Crippen LogP contribution in [0.2, 0.25) is 0 Å². The van der Waals surface area contributed by atoms with Crippen LogP contribution < -0.4 is 0 Å². The Morgan fingerprint density at radius 2 is 2.06 bits per heavy atom. The Morgan fingerprint density at radius 1 is 1.24 bits per heavy atom. The predicted octanol–water partition coefficient (Wildman–Crippen LogP) is 2.46. The third kappa shape index (κ3) is 1.84. The highest BCUT2D eigenvalue weighted by atomic mass is 16.5. The molecule has 0 saturated carbocycles. The van der Waals surface area contributed by atoms with E-state index in [1.54, 1.807) is 0 Å². The first-order valence-corrected chi connectivity index (χ1v) is 6.24. The number of fused-ring (bicyclic) bond motifs is 1. The Balaban J connectivity index is 1.89. The van der Waals surface area contributed by atoms with E-state index >= 15 is 0 Å². The van der Waals surface area contributed by atoms with Crippen LogP contribution in [0.15, 0.2) is 30.3 Å². The molecule has 0 N–H and O–H groups in total. The maximum atomic E-state index is 9.26. The van der Waals surface area contributed by atoms with Crippen molar-refractivity contribution in [1.82, 2.24) is 4.90 Å². The zero-order chi connectivity index (χ0) is 11.7. The van der Waals surface area contributed by atoms with Crippen LogP contribution in [0.3, 0.4) is 0 Å². The number of hydrogen-bond acceptors (Lipinski definition) is 3. The van der Waals surface area contributed by atoms with Crippen LogP contribution in [0.5, 0.6) is 0 Å². The van der Waals surface area contributed by atoms with Gasteiger partial charge in [0.05, 0.1) is 18.7 Å². The Kier molecular flexibility index (Phi) is 2.84. The van der Waals surface area contributed by atoms with Gasteiger partial charge in [-0.25, -0.2) is 0 Å². The molecule has 3 rings (SSSR count). The zero-order valence-electron chi connectivity index (χ0n) is 9.75. The first-order valence-electron chi connectivity index (χ1n) is 6.24. The van der Waals surface area contributed by atoms with Crippen molar-refractivity contribution in [2.75, 3.05) is 6.61 Å². The summed E-state index contributed by atoms with van der Waals surface area (Å²) in [5, 5.41) is 9.26. The minimum atomic E-state index is 0.0152. The third-order valence-corrected chi connectivity index (χ3v) is 3.76. The summed E-state index contributed by atoms with van der Waals surface area (Å²) in [6.45, 7) is 0.715. The molecule has 3 heteroatoms. The molecule has 0 bridgehead atoms. The van der Waals surface area contributed by atoms with E-state index in [1.165, 1.54) is 5.56 Å². The molecule has 0 unspecified atom stereocenters. The summed E-state index contributed by atoms with van der Waals surface area (Å²) in [6, 6.07) is 13.1. The summed E-state index contributed by atoms with van der Waals surface area (Å²) in [5.41, 5.74) is 1.26. The third-order valence-electron chi connectivity index (χ3n) is 3.76. The van der Waals surface area contributed by atoms with E-state index in [1.807, 2.05) is 18.2 Å². The Bertz CT molecular complexity index is 426. The molecule has 3 atom stereocenters. The smallest absolute Gasteiger partial charge is 0.112 e. The fourth-order valence-electron chi connectivity index (χ4n) is 2.94. The van der Waals surface area contributed by atoms with E-state index in [4.69, 9.17) is 4.74 Å². The fraction of sp³-hybridized carbons (Fsp3) is 0.500. The SMILES string of the molecule is N#C[C@H]1CCC[C@@H]2OC[C@@H](c3ccccc3)N21. The van der Waals surface area contributed by atoms with Gasteiger partial charge in [0, 0.05) is 0 Å². The molecule has 2 heterocycles. The number of rotatable bonds is 1. The molecule has 3 nitrogen and oxygen atoms in total. The minimum Gasteiger partial charge on any atom is -0.361 e. The number of hydrogen-bond donors (Lipinski definition) is 0. The van der Waals surface area contributed by atoms with Gasteiger partial charge >= 0.3 is 0 Å². The number of nitrogens with zero attached hydrogens (tertiary/aromatic N) is 2. The Morgan fingerprint density at radius 3 is 2.82 bits per heavy atom. The number of ether oxygens (including phenoxy) is 1. The molecule has 0 amide bonds. The van der Waals surface area contributed by atoms with Crippen molar-refractivity contribution in [1.29, 1.82) is 5.26 Å². The highest BCUT2D eigenvalue weighted by molar-refractivity contribution is 5.21. The van der Waals surface area contributed by atoms with Gasteiger partial charge in [-0.3, -0.25) is 4.90 Å². The van der Waals surface area contributed by atoms with Crippen molar-refractivity contribution in [3.63, 3.8) is 0 Å². The van der Waals surface area contributed by atoms with Crippen molar-refractivity contribution < 1.29 is 4.74 Å². The summed E-state index contributed by atoms with van der Waals surface area (Å²) in [5.74, 6) is 0. The van der Waals surface area contributed by atoms with Crippen LogP contribution >= 0.6 is 0 Å². The summed E-state index contributed by atoms with van der Waals surface area (Å²) in [6.07, 6.45) is 3.28. The largest absolute Gasteiger partial charge is 0.361 e. The molecule has 1 aromatic rings. The van der Waals surface area contributed by atoms with Crippen molar-refractivity contribution in [3.8, 4) is 6.07 Å². The van der Waals surface area contributed by atoms with Crippen LogP contribution in [0.25, 0.3) is 0 Å². The molecule has 0 spiro atoms. The lowest BCUT2D eigenvalue weighted by molar-refractivity contribution is -0.0121. The van der Waals surface area contributed by atoms with E-state index in [9.17, 15) is 5.26 Å². The van der Waals surface area contributed by atoms with Gasteiger partial charge in [0.1, 0.15) is 12.3 Å². The van der Waals surface area contributed by atoms with E-state index in [0.29, 0.717) is 6.61 Å². The molecule has 2 saturated heterocycles. The number of piperidine rings is 1. The van der Waals surface area contributed by atoms with Crippen LogP contribution in [-0.2, 0) is 4.74 Å². The van der Waals surface area contributed by atoms with Crippen LogP contribution in [0.4, 0.5) is 0 Å². The van der Waals surface area contributed by atoms with Crippen molar-refractivity contribution in [2.45, 2.75) is 37.6 Å². The average Bonchev–Trinajstić information content (AvgIpc) is 2.83. The second kappa shape index (κ2) is 4.48. The highest BCUT2D eigenvalue weighted by Gasteiger charge is 2.42. The molecule has 2 fully saturated rings. The standard InChI is InChI=1S/C14H16N2O/c15-9-12-7-4-8-14-16(12)13(10-17-14)11-5-2-1-3-6-11/h1-3,5-6,12-14H,4,7-8,10H2/t12-,13+,14+/m1/s1. The molecule has 0 aliphatic carbocycles. The van der Waals surface area contributed by atoms with Gasteiger partial charge in [0.15, 0.2) is 0 Å². The van der Waals surface area contributed by atoms with E-state index in [2.05, 4.69) is 23.1 Å². The predicted molar refractivity (Wildman–Crippen MR) is 64.0 cm³/mol. The lowest BCUT2D eigenvalue weighted by Gasteiger charge is -2.35. The van der Waals surface area contributed by atoms with E-state index < -0.39 is 0 Å². The average molecular weight is 228 g/mol. The van der Waals surface area contributed by atoms with Gasteiger partial charge in [-0.1, -0.05) is 30.3 Å². The second-order valence-corrected chi connectivity index (χ2v) is 4.74. The van der Waals surface area contributed by atoms with Crippen LogP contribution in [-0.4, -0.2) is 23.8 Å². The summed E-state index contributed by atoms with van der Waals surface area (Å²) >= 11 is 0. The van der Waals surface area contributed by atoms with Gasteiger partial charge in [0.2, 0.25) is 0 Å². The van der Waals surface area contributed by atoms with Gasteiger partial charge in [0.25, 0.3) is 0 Å². The lowest BCUT2D eigenvalue weighted by Crippen LogP contribution is -2.43. The number of benzene rings is 1. The zero-order valence-corrected chi connectivity index (χ0v) is 9.75. The second-order valence-electron chi connectivity index (χ2n) is 4.74. The molecular weight excluding hydrogens is 212 g/mol. The normalized spacial score (nSPS) is 33.0. The first-order chi connectivity index (χ1) is 8.40. The first kappa shape index (κ1) is 10.8. The number of nitriles is 1. The Hall–Kier alpha value is -1.37. The summed E-state index contributed by atoms with van der Waals surface area (Å²) < 4.78 is 5.83. The van der Waals surface area contributed by atoms with Crippen LogP contribution in [0.1, 0.15) is 30.9 Å². The maximum Gasteiger partial charge on any atom is 0.112 e. The molecule has 0 aromatic heterocycles. The quantitative estimate of drug-likeness (QED) is 0.740. The van der Waals surface area contributed by atoms with Crippen LogP contribution in [0, 0.1) is 11.3 Å². The molecule has 17 heavy (non-hydrogen) atoms. The van der Waals surface area contributed by atoms with Gasteiger partial charge in [-0.05, 0) is 24.8 Å². The Labute approximate surface area is 102 Å². The van der Waals surface area contributed by atoms with Gasteiger partial charge in [-0.15, -0.1) is 0 Å². The highest BCUT2D eigenvalue weighted by Crippen LogP contribution is 2.38. The molecular formula is C14H16N2O. The van der Waals surface area contributed by atoms with E-state index in [0.717, 1.165) is 19.3 Å². The molecule has 0 radical (unpaired) electrons. The lowest BCUT2D eigenvalue weighted by atomic mass is 9.98. The minimum absolute atomic E-state index is 0.0152. The fourth-order valence-corrected chi connectivity index (χ4v) is 2.94. The van der Waals surface area contributed by atoms with Crippen molar-refractivity contribution in [3.05, 3.63) is 35.9 Å². The van der Waals surface area contributed by atoms with Crippen molar-refractivity contribution >= 4 is 0 Å². The molecule has 88 valence electrons. The van der Waals surface area contributed by atoms with Gasteiger partial charge < -0.3 is 4.74 Å². The van der Waals surface area contributed by atoms with E-state index in [-0.39, 0.29) is 18.3 Å². The molecule has 1 aromatic carbocycles. The monoisotopic (exact) mass is 228 g/mol. The van der Waals surface area contributed by atoms with Crippen molar-refractivity contribution in [2.24, 2.45) is 0 Å². The summed E-state index contributed by atoms with van der Waals surface area (Å²) in [4.78, 5) is 2.26.